The number of nitrogens with zero attached hydrogens (tertiary/aromatic N) is 1. The third-order valence-electron chi connectivity index (χ3n) is 7.30. The van der Waals surface area contributed by atoms with Crippen molar-refractivity contribution in [1.29, 1.82) is 0 Å². The lowest BCUT2D eigenvalue weighted by Crippen LogP contribution is -2.62. The second-order valence-electron chi connectivity index (χ2n) is 9.14. The Kier molecular flexibility index (Phi) is 4.90. The monoisotopic (exact) mass is 443 g/mol. The summed E-state index contributed by atoms with van der Waals surface area (Å²) in [7, 11) is 0. The maximum atomic E-state index is 13.1. The van der Waals surface area contributed by atoms with Gasteiger partial charge in [0.25, 0.3) is 17.2 Å². The fourth-order valence-corrected chi connectivity index (χ4v) is 6.80. The van der Waals surface area contributed by atoms with Gasteiger partial charge < -0.3 is 15.5 Å². The van der Waals surface area contributed by atoms with Crippen molar-refractivity contribution in [2.75, 3.05) is 4.31 Å². The third kappa shape index (κ3) is 3.45. The van der Waals surface area contributed by atoms with Crippen LogP contribution in [0.2, 0.25) is 0 Å². The number of anilines is 2. The predicted molar refractivity (Wildman–Crippen MR) is 114 cm³/mol. The Hall–Kier alpha value is -2.65. The van der Waals surface area contributed by atoms with E-state index in [9.17, 15) is 18.4 Å². The van der Waals surface area contributed by atoms with Crippen LogP contribution in [0.4, 0.5) is 11.6 Å². The molecule has 164 valence electrons. The molecule has 1 heterocycles. The third-order valence-corrected chi connectivity index (χ3v) is 8.00. The smallest absolute Gasteiger partial charge is 0.269 e. The molecule has 1 aromatic heterocycles. The highest BCUT2D eigenvalue weighted by atomic mass is 32.2. The van der Waals surface area contributed by atoms with E-state index in [1.807, 2.05) is 0 Å². The van der Waals surface area contributed by atoms with E-state index in [4.69, 9.17) is 10.2 Å². The van der Waals surface area contributed by atoms with E-state index in [0.29, 0.717) is 17.2 Å². The van der Waals surface area contributed by atoms with E-state index in [1.165, 1.54) is 6.26 Å². The number of amides is 2. The van der Waals surface area contributed by atoms with Crippen LogP contribution in [0.15, 0.2) is 47.1 Å². The molecule has 3 unspecified atom stereocenters. The summed E-state index contributed by atoms with van der Waals surface area (Å²) in [5, 5.41) is 3.19. The number of primary amides is 1. The van der Waals surface area contributed by atoms with Gasteiger partial charge in [0.15, 0.2) is 0 Å². The Morgan fingerprint density at radius 2 is 1.90 bits per heavy atom. The van der Waals surface area contributed by atoms with Crippen molar-refractivity contribution in [1.82, 2.24) is 5.32 Å². The number of hydrogen-bond donors (Lipinski definition) is 3. The molecule has 4 aliphatic rings. The second kappa shape index (κ2) is 7.49. The van der Waals surface area contributed by atoms with Crippen molar-refractivity contribution in [2.45, 2.75) is 38.1 Å². The van der Waals surface area contributed by atoms with Gasteiger partial charge in [0.1, 0.15) is 0 Å². The molecule has 4 N–H and O–H groups in total. The SMILES string of the molecule is NC(=O)C12CC3CC(C1)C(NC(=O)c1cccc(N(c4ccco4)S(=O)O)c1)C(C3)C2. The highest BCUT2D eigenvalue weighted by Gasteiger charge is 2.58. The summed E-state index contributed by atoms with van der Waals surface area (Å²) in [6.45, 7) is 0. The summed E-state index contributed by atoms with van der Waals surface area (Å²) < 4.78 is 28.0. The van der Waals surface area contributed by atoms with Gasteiger partial charge in [-0.3, -0.25) is 14.1 Å². The van der Waals surface area contributed by atoms with Crippen molar-refractivity contribution in [3.05, 3.63) is 48.2 Å². The lowest BCUT2D eigenvalue weighted by atomic mass is 9.47. The zero-order valence-corrected chi connectivity index (χ0v) is 17.7. The molecule has 4 saturated carbocycles. The molecule has 0 aliphatic heterocycles. The highest BCUT2D eigenvalue weighted by Crippen LogP contribution is 2.59. The molecule has 9 heteroatoms. The molecule has 0 radical (unpaired) electrons. The Labute approximate surface area is 182 Å². The highest BCUT2D eigenvalue weighted by molar-refractivity contribution is 7.81. The summed E-state index contributed by atoms with van der Waals surface area (Å²) in [4.78, 5) is 25.2. The Bertz CT molecular complexity index is 1020. The van der Waals surface area contributed by atoms with Gasteiger partial charge in [0.2, 0.25) is 11.8 Å². The maximum absolute atomic E-state index is 13.1. The molecule has 3 atom stereocenters. The van der Waals surface area contributed by atoms with Gasteiger partial charge in [-0.25, -0.2) is 8.51 Å². The summed E-state index contributed by atoms with van der Waals surface area (Å²) >= 11 is -2.36. The van der Waals surface area contributed by atoms with E-state index in [0.717, 1.165) is 36.4 Å². The first kappa shape index (κ1) is 20.3. The van der Waals surface area contributed by atoms with Gasteiger partial charge >= 0.3 is 0 Å². The number of carbonyl (C=O) groups excluding carboxylic acids is 2. The first-order chi connectivity index (χ1) is 14.9. The minimum atomic E-state index is -2.36. The standard InChI is InChI=1S/C22H25N3O5S/c23-21(27)22-10-13-7-15(11-22)19(16(8-13)12-22)24-20(26)14-3-1-4-17(9-14)25(31(28)29)18-5-2-6-30-18/h1-6,9,13,15-16,19H,7-8,10-12H2,(H2,23,27)(H,24,26)(H,28,29). The van der Waals surface area contributed by atoms with E-state index in [1.54, 1.807) is 36.4 Å². The van der Waals surface area contributed by atoms with Gasteiger partial charge in [0, 0.05) is 23.1 Å². The van der Waals surface area contributed by atoms with Gasteiger partial charge in [-0.15, -0.1) is 0 Å². The van der Waals surface area contributed by atoms with Gasteiger partial charge in [-0.2, -0.15) is 0 Å². The van der Waals surface area contributed by atoms with Crippen LogP contribution >= 0.6 is 0 Å². The van der Waals surface area contributed by atoms with Crippen molar-refractivity contribution in [3.8, 4) is 0 Å². The van der Waals surface area contributed by atoms with Crippen LogP contribution in [-0.2, 0) is 16.1 Å². The molecule has 0 saturated heterocycles. The molecule has 2 aromatic rings. The molecule has 4 aliphatic carbocycles. The number of hydrogen-bond acceptors (Lipinski definition) is 4. The quantitative estimate of drug-likeness (QED) is 0.592. The topological polar surface area (TPSA) is 126 Å². The maximum Gasteiger partial charge on any atom is 0.269 e. The largest absolute Gasteiger partial charge is 0.447 e. The average molecular weight is 444 g/mol. The number of carbonyl (C=O) groups is 2. The molecule has 2 amide bonds. The van der Waals surface area contributed by atoms with Crippen molar-refractivity contribution >= 4 is 34.7 Å². The zero-order valence-electron chi connectivity index (χ0n) is 16.9. The van der Waals surface area contributed by atoms with Crippen LogP contribution in [0.3, 0.4) is 0 Å². The minimum Gasteiger partial charge on any atom is -0.447 e. The lowest BCUT2D eigenvalue weighted by Gasteiger charge is -2.58. The second-order valence-corrected chi connectivity index (χ2v) is 9.97. The number of nitrogens with one attached hydrogen (secondary N) is 1. The summed E-state index contributed by atoms with van der Waals surface area (Å²) in [6.07, 6.45) is 5.83. The number of furan rings is 1. The van der Waals surface area contributed by atoms with Crippen molar-refractivity contribution < 1.29 is 22.8 Å². The molecule has 4 fully saturated rings. The molecule has 4 bridgehead atoms. The van der Waals surface area contributed by atoms with Gasteiger partial charge in [-0.1, -0.05) is 6.07 Å². The molecular formula is C22H25N3O5S. The van der Waals surface area contributed by atoms with E-state index < -0.39 is 16.7 Å². The van der Waals surface area contributed by atoms with Crippen LogP contribution in [0.5, 0.6) is 0 Å². The lowest BCUT2D eigenvalue weighted by molar-refractivity contribution is -0.145. The Morgan fingerprint density at radius 1 is 1.16 bits per heavy atom. The summed E-state index contributed by atoms with van der Waals surface area (Å²) in [6, 6.07) is 9.79. The average Bonchev–Trinajstić information content (AvgIpc) is 3.24. The van der Waals surface area contributed by atoms with Crippen LogP contribution in [-0.4, -0.2) is 26.6 Å². The first-order valence-electron chi connectivity index (χ1n) is 10.5. The number of rotatable bonds is 6. The summed E-state index contributed by atoms with van der Waals surface area (Å²) in [5.74, 6) is 0.819. The van der Waals surface area contributed by atoms with Crippen LogP contribution < -0.4 is 15.4 Å². The first-order valence-corrected chi connectivity index (χ1v) is 11.6. The van der Waals surface area contributed by atoms with Crippen molar-refractivity contribution in [3.63, 3.8) is 0 Å². The Morgan fingerprint density at radius 3 is 2.52 bits per heavy atom. The van der Waals surface area contributed by atoms with E-state index in [-0.39, 0.29) is 35.6 Å². The molecular weight excluding hydrogens is 418 g/mol. The number of benzene rings is 1. The Balaban J connectivity index is 1.36. The normalized spacial score (nSPS) is 31.9. The molecule has 6 rings (SSSR count). The summed E-state index contributed by atoms with van der Waals surface area (Å²) in [5.41, 5.74) is 6.14. The van der Waals surface area contributed by atoms with Crippen molar-refractivity contribution in [2.24, 2.45) is 28.9 Å². The van der Waals surface area contributed by atoms with E-state index >= 15 is 0 Å². The fraction of sp³-hybridized carbons (Fsp3) is 0.455. The molecule has 1 aromatic carbocycles. The van der Waals surface area contributed by atoms with E-state index in [2.05, 4.69) is 5.32 Å². The molecule has 31 heavy (non-hydrogen) atoms. The van der Waals surface area contributed by atoms with Gasteiger partial charge in [-0.05, 0) is 74.1 Å². The molecule has 8 nitrogen and oxygen atoms in total. The fourth-order valence-electron chi connectivity index (χ4n) is 6.25. The minimum absolute atomic E-state index is 0.0216. The number of nitrogens with two attached hydrogens (primary N) is 1. The zero-order chi connectivity index (χ0) is 21.8. The van der Waals surface area contributed by atoms with Crippen LogP contribution in [0.25, 0.3) is 0 Å². The van der Waals surface area contributed by atoms with Crippen LogP contribution in [0, 0.1) is 23.2 Å². The van der Waals surface area contributed by atoms with Crippen LogP contribution in [0.1, 0.15) is 42.5 Å². The predicted octanol–water partition coefficient (Wildman–Crippen LogP) is 2.96. The molecule has 0 spiro atoms. The van der Waals surface area contributed by atoms with Gasteiger partial charge in [0.05, 0.1) is 12.0 Å².